The molecule has 2 fully saturated rings. The van der Waals surface area contributed by atoms with Crippen molar-refractivity contribution in [3.63, 3.8) is 0 Å². The predicted octanol–water partition coefficient (Wildman–Crippen LogP) is 1.36. The minimum Gasteiger partial charge on any atom is -0.481 e. The van der Waals surface area contributed by atoms with Gasteiger partial charge in [0.2, 0.25) is 5.91 Å². The number of aliphatic carboxylic acids is 1. The number of carbonyl (C=O) groups excluding carboxylic acids is 1. The van der Waals surface area contributed by atoms with Crippen molar-refractivity contribution in [2.24, 2.45) is 11.3 Å². The molecule has 0 spiro atoms. The summed E-state index contributed by atoms with van der Waals surface area (Å²) in [5.74, 6) is -1.20. The molecule has 2 aliphatic heterocycles. The number of hydrogen-bond donors (Lipinski definition) is 1. The van der Waals surface area contributed by atoms with Crippen LogP contribution in [0.3, 0.4) is 0 Å². The first-order valence-electron chi connectivity index (χ1n) is 9.08. The smallest absolute Gasteiger partial charge is 0.311 e. The van der Waals surface area contributed by atoms with Crippen LogP contribution < -0.4 is 0 Å². The van der Waals surface area contributed by atoms with Gasteiger partial charge < -0.3 is 14.7 Å². The summed E-state index contributed by atoms with van der Waals surface area (Å²) < 4.78 is 29.8. The Hall–Kier alpha value is -1.93. The number of nitrogens with zero attached hydrogens (tertiary/aromatic N) is 1. The standard InChI is InChI=1S/C19H25NO6S/c1-13(2)27(24,25)16-5-3-14(4-6-16)9-17(21)20-10-15-11-26-8-7-19(15,12-20)18(22)23/h3-6,13,15H,7-12H2,1-2H3,(H,22,23)/t15-,19+/m0/s1. The maximum absolute atomic E-state index is 12.7. The number of sulfone groups is 1. The molecular weight excluding hydrogens is 370 g/mol. The van der Waals surface area contributed by atoms with Crippen molar-refractivity contribution in [2.75, 3.05) is 26.3 Å². The molecule has 0 radical (unpaired) electrons. The van der Waals surface area contributed by atoms with Gasteiger partial charge >= 0.3 is 5.97 Å². The van der Waals surface area contributed by atoms with Crippen LogP contribution in [0.4, 0.5) is 0 Å². The van der Waals surface area contributed by atoms with Crippen LogP contribution >= 0.6 is 0 Å². The van der Waals surface area contributed by atoms with Crippen molar-refractivity contribution in [3.05, 3.63) is 29.8 Å². The molecule has 1 amide bonds. The SMILES string of the molecule is CC(C)S(=O)(=O)c1ccc(CC(=O)N2C[C@H]3COCC[C@@]3(C(=O)O)C2)cc1. The number of hydrogen-bond acceptors (Lipinski definition) is 5. The van der Waals surface area contributed by atoms with Gasteiger partial charge in [0.15, 0.2) is 9.84 Å². The molecule has 2 heterocycles. The second-order valence-electron chi connectivity index (χ2n) is 7.67. The minimum absolute atomic E-state index is 0.116. The maximum atomic E-state index is 12.7. The number of benzene rings is 1. The Labute approximate surface area is 159 Å². The average molecular weight is 395 g/mol. The van der Waals surface area contributed by atoms with Gasteiger partial charge in [-0.15, -0.1) is 0 Å². The molecule has 0 bridgehead atoms. The van der Waals surface area contributed by atoms with E-state index in [4.69, 9.17) is 4.74 Å². The number of amides is 1. The van der Waals surface area contributed by atoms with Crippen LogP contribution in [-0.2, 0) is 30.6 Å². The molecule has 1 N–H and O–H groups in total. The van der Waals surface area contributed by atoms with Gasteiger partial charge in [-0.3, -0.25) is 9.59 Å². The van der Waals surface area contributed by atoms with Crippen LogP contribution in [-0.4, -0.2) is 61.9 Å². The lowest BCUT2D eigenvalue weighted by atomic mass is 9.74. The normalized spacial score (nSPS) is 25.4. The van der Waals surface area contributed by atoms with E-state index in [1.165, 1.54) is 12.1 Å². The van der Waals surface area contributed by atoms with Gasteiger partial charge in [0, 0.05) is 25.6 Å². The number of fused-ring (bicyclic) bond motifs is 1. The maximum Gasteiger partial charge on any atom is 0.311 e. The summed E-state index contributed by atoms with van der Waals surface area (Å²) in [4.78, 5) is 26.3. The summed E-state index contributed by atoms with van der Waals surface area (Å²) in [7, 11) is -3.34. The van der Waals surface area contributed by atoms with Gasteiger partial charge in [-0.05, 0) is 38.0 Å². The first-order valence-corrected chi connectivity index (χ1v) is 10.6. The van der Waals surface area contributed by atoms with Crippen LogP contribution in [0.15, 0.2) is 29.2 Å². The van der Waals surface area contributed by atoms with Crippen molar-refractivity contribution >= 4 is 21.7 Å². The zero-order valence-corrected chi connectivity index (χ0v) is 16.4. The fourth-order valence-corrected chi connectivity index (χ4v) is 4.90. The number of rotatable bonds is 5. The first kappa shape index (κ1) is 19.8. The fourth-order valence-electron chi connectivity index (χ4n) is 3.85. The predicted molar refractivity (Wildman–Crippen MR) is 98.0 cm³/mol. The van der Waals surface area contributed by atoms with Crippen molar-refractivity contribution < 1.29 is 27.9 Å². The lowest BCUT2D eigenvalue weighted by molar-refractivity contribution is -0.157. The summed E-state index contributed by atoms with van der Waals surface area (Å²) in [6, 6.07) is 6.33. The van der Waals surface area contributed by atoms with Gasteiger partial charge in [0.1, 0.15) is 0 Å². The first-order chi connectivity index (χ1) is 12.7. The summed E-state index contributed by atoms with van der Waals surface area (Å²) in [5.41, 5.74) is -0.207. The molecule has 2 aliphatic rings. The van der Waals surface area contributed by atoms with Crippen molar-refractivity contribution in [3.8, 4) is 0 Å². The Morgan fingerprint density at radius 3 is 2.52 bits per heavy atom. The quantitative estimate of drug-likeness (QED) is 0.808. The molecule has 3 rings (SSSR count). The van der Waals surface area contributed by atoms with Crippen LogP contribution in [0.25, 0.3) is 0 Å². The number of carboxylic acids is 1. The van der Waals surface area contributed by atoms with Crippen molar-refractivity contribution in [1.29, 1.82) is 0 Å². The highest BCUT2D eigenvalue weighted by Crippen LogP contribution is 2.42. The third-order valence-corrected chi connectivity index (χ3v) is 7.88. The Balaban J connectivity index is 1.70. The number of ether oxygens (including phenoxy) is 1. The summed E-state index contributed by atoms with van der Waals surface area (Å²) in [6.07, 6.45) is 0.532. The highest BCUT2D eigenvalue weighted by molar-refractivity contribution is 7.92. The molecule has 2 atom stereocenters. The second-order valence-corrected chi connectivity index (χ2v) is 10.2. The van der Waals surface area contributed by atoms with E-state index < -0.39 is 26.5 Å². The Kier molecular flexibility index (Phi) is 5.31. The molecule has 0 aromatic heterocycles. The van der Waals surface area contributed by atoms with Crippen LogP contribution in [0, 0.1) is 11.3 Å². The third-order valence-electron chi connectivity index (χ3n) is 5.71. The van der Waals surface area contributed by atoms with E-state index in [0.29, 0.717) is 31.7 Å². The molecule has 7 nitrogen and oxygen atoms in total. The van der Waals surface area contributed by atoms with E-state index in [0.717, 1.165) is 0 Å². The van der Waals surface area contributed by atoms with E-state index in [9.17, 15) is 23.1 Å². The number of likely N-dealkylation sites (tertiary alicyclic amines) is 1. The van der Waals surface area contributed by atoms with E-state index >= 15 is 0 Å². The average Bonchev–Trinajstić information content (AvgIpc) is 3.03. The molecule has 0 saturated carbocycles. The summed E-state index contributed by atoms with van der Waals surface area (Å²) in [6.45, 7) is 4.59. The number of carbonyl (C=O) groups is 2. The molecule has 27 heavy (non-hydrogen) atoms. The highest BCUT2D eigenvalue weighted by atomic mass is 32.2. The third kappa shape index (κ3) is 3.60. The van der Waals surface area contributed by atoms with Gasteiger partial charge in [-0.2, -0.15) is 0 Å². The Morgan fingerprint density at radius 1 is 1.30 bits per heavy atom. The topological polar surface area (TPSA) is 101 Å². The summed E-state index contributed by atoms with van der Waals surface area (Å²) in [5, 5.41) is 9.18. The largest absolute Gasteiger partial charge is 0.481 e. The van der Waals surface area contributed by atoms with Gasteiger partial charge in [0.25, 0.3) is 0 Å². The molecule has 8 heteroatoms. The highest BCUT2D eigenvalue weighted by Gasteiger charge is 2.54. The van der Waals surface area contributed by atoms with E-state index in [1.807, 2.05) is 0 Å². The zero-order chi connectivity index (χ0) is 19.8. The van der Waals surface area contributed by atoms with Crippen LogP contribution in [0.5, 0.6) is 0 Å². The number of carboxylic acid groups (broad SMARTS) is 1. The Bertz CT molecular complexity index is 832. The van der Waals surface area contributed by atoms with Gasteiger partial charge in [-0.1, -0.05) is 12.1 Å². The molecule has 0 unspecified atom stereocenters. The van der Waals surface area contributed by atoms with Gasteiger partial charge in [-0.25, -0.2) is 8.42 Å². The van der Waals surface area contributed by atoms with Crippen molar-refractivity contribution in [2.45, 2.75) is 36.8 Å². The monoisotopic (exact) mass is 395 g/mol. The van der Waals surface area contributed by atoms with Crippen LogP contribution in [0.1, 0.15) is 25.8 Å². The van der Waals surface area contributed by atoms with E-state index in [2.05, 4.69) is 0 Å². The van der Waals surface area contributed by atoms with Gasteiger partial charge in [0.05, 0.1) is 28.6 Å². The van der Waals surface area contributed by atoms with E-state index in [1.54, 1.807) is 30.9 Å². The molecular formula is C19H25NO6S. The van der Waals surface area contributed by atoms with Crippen LogP contribution in [0.2, 0.25) is 0 Å². The lowest BCUT2D eigenvalue weighted by Crippen LogP contribution is -2.45. The molecule has 1 aromatic rings. The molecule has 2 saturated heterocycles. The zero-order valence-electron chi connectivity index (χ0n) is 15.6. The lowest BCUT2D eigenvalue weighted by Gasteiger charge is -2.33. The molecule has 0 aliphatic carbocycles. The molecule has 1 aromatic carbocycles. The summed E-state index contributed by atoms with van der Waals surface area (Å²) >= 11 is 0. The second kappa shape index (κ2) is 7.24. The van der Waals surface area contributed by atoms with Crippen molar-refractivity contribution in [1.82, 2.24) is 4.90 Å². The molecule has 148 valence electrons. The van der Waals surface area contributed by atoms with E-state index in [-0.39, 0.29) is 29.7 Å². The Morgan fingerprint density at radius 2 is 1.96 bits per heavy atom. The fraction of sp³-hybridized carbons (Fsp3) is 0.579. The minimum atomic E-state index is -3.34.